The molecule has 1 atom stereocenters. The highest BCUT2D eigenvalue weighted by Crippen LogP contribution is 2.27. The van der Waals surface area contributed by atoms with Gasteiger partial charge >= 0.3 is 0 Å². The van der Waals surface area contributed by atoms with Crippen LogP contribution in [0.25, 0.3) is 0 Å². The van der Waals surface area contributed by atoms with Gasteiger partial charge in [0, 0.05) is 13.1 Å². The Morgan fingerprint density at radius 1 is 0.902 bits per heavy atom. The number of amides is 2. The third-order valence-corrected chi connectivity index (χ3v) is 8.38. The summed E-state index contributed by atoms with van der Waals surface area (Å²) in [5.74, 6) is 0.0860. The van der Waals surface area contributed by atoms with Gasteiger partial charge in [-0.05, 0) is 68.1 Å². The summed E-state index contributed by atoms with van der Waals surface area (Å²) >= 11 is 0. The Kier molecular flexibility index (Phi) is 11.3. The highest BCUT2D eigenvalue weighted by molar-refractivity contribution is 7.92. The maximum absolute atomic E-state index is 14.1. The minimum atomic E-state index is -4.13. The molecule has 8 nitrogen and oxygen atoms in total. The van der Waals surface area contributed by atoms with Crippen molar-refractivity contribution >= 4 is 27.5 Å². The maximum atomic E-state index is 14.1. The molecule has 0 saturated carbocycles. The van der Waals surface area contributed by atoms with E-state index in [1.807, 2.05) is 65.0 Å². The predicted octanol–water partition coefficient (Wildman–Crippen LogP) is 5.17. The number of rotatable bonds is 14. The molecule has 9 heteroatoms. The summed E-state index contributed by atoms with van der Waals surface area (Å²) in [7, 11) is -4.13. The SMILES string of the molecule is CCOc1ccc(N(CC(=O)N(Cc2ccccc2)[C@H](CC)C(=O)NCC(C)C)S(=O)(=O)c2ccc(C)cc2)cc1. The van der Waals surface area contributed by atoms with Gasteiger partial charge in [-0.25, -0.2) is 8.42 Å². The van der Waals surface area contributed by atoms with Crippen molar-refractivity contribution in [3.63, 3.8) is 0 Å². The van der Waals surface area contributed by atoms with Crippen molar-refractivity contribution in [2.45, 2.75) is 58.5 Å². The van der Waals surface area contributed by atoms with Crippen LogP contribution in [0.5, 0.6) is 5.75 Å². The standard InChI is InChI=1S/C32H41N3O5S/c1-6-30(32(37)33-21-24(3)4)34(22-26-11-9-8-10-12-26)31(36)23-35(27-15-17-28(18-16-27)40-7-2)41(38,39)29-19-13-25(5)14-20-29/h8-20,24,30H,6-7,21-23H2,1-5H3,(H,33,37)/t30-/m1/s1. The Hall–Kier alpha value is -3.85. The first kappa shape index (κ1) is 31.7. The molecule has 0 spiro atoms. The smallest absolute Gasteiger partial charge is 0.264 e. The second-order valence-corrected chi connectivity index (χ2v) is 12.2. The molecule has 2 amide bonds. The van der Waals surface area contributed by atoms with Crippen LogP contribution in [0.4, 0.5) is 5.69 Å². The average Bonchev–Trinajstić information content (AvgIpc) is 2.96. The van der Waals surface area contributed by atoms with Gasteiger partial charge in [0.2, 0.25) is 11.8 Å². The fourth-order valence-electron chi connectivity index (χ4n) is 4.36. The monoisotopic (exact) mass is 579 g/mol. The number of hydrogen-bond donors (Lipinski definition) is 1. The highest BCUT2D eigenvalue weighted by Gasteiger charge is 2.33. The lowest BCUT2D eigenvalue weighted by molar-refractivity contribution is -0.140. The summed E-state index contributed by atoms with van der Waals surface area (Å²) < 4.78 is 34.6. The number of carbonyl (C=O) groups is 2. The minimum absolute atomic E-state index is 0.0705. The van der Waals surface area contributed by atoms with E-state index < -0.39 is 28.5 Å². The normalized spacial score (nSPS) is 12.0. The van der Waals surface area contributed by atoms with Gasteiger partial charge in [-0.3, -0.25) is 13.9 Å². The van der Waals surface area contributed by atoms with Crippen LogP contribution in [-0.2, 0) is 26.2 Å². The first-order valence-electron chi connectivity index (χ1n) is 14.0. The van der Waals surface area contributed by atoms with Crippen LogP contribution in [0.15, 0.2) is 83.8 Å². The second kappa shape index (κ2) is 14.7. The zero-order valence-corrected chi connectivity index (χ0v) is 25.4. The Labute approximate surface area is 244 Å². The summed E-state index contributed by atoms with van der Waals surface area (Å²) in [5.41, 5.74) is 2.07. The molecule has 0 radical (unpaired) electrons. The van der Waals surface area contributed by atoms with E-state index in [9.17, 15) is 18.0 Å². The number of aryl methyl sites for hydroxylation is 1. The van der Waals surface area contributed by atoms with Gasteiger partial charge in [-0.2, -0.15) is 0 Å². The van der Waals surface area contributed by atoms with Crippen molar-refractivity contribution in [2.24, 2.45) is 5.92 Å². The summed E-state index contributed by atoms with van der Waals surface area (Å²) in [6.07, 6.45) is 0.371. The van der Waals surface area contributed by atoms with E-state index >= 15 is 0 Å². The molecule has 0 aliphatic carbocycles. The van der Waals surface area contributed by atoms with Crippen molar-refractivity contribution in [3.8, 4) is 5.75 Å². The van der Waals surface area contributed by atoms with E-state index in [-0.39, 0.29) is 23.3 Å². The highest BCUT2D eigenvalue weighted by atomic mass is 32.2. The van der Waals surface area contributed by atoms with E-state index in [0.717, 1.165) is 15.4 Å². The molecule has 3 rings (SSSR count). The number of ether oxygens (including phenoxy) is 1. The van der Waals surface area contributed by atoms with Gasteiger partial charge in [0.05, 0.1) is 17.2 Å². The third kappa shape index (κ3) is 8.57. The molecule has 41 heavy (non-hydrogen) atoms. The maximum Gasteiger partial charge on any atom is 0.264 e. The Balaban J connectivity index is 2.03. The van der Waals surface area contributed by atoms with E-state index in [0.29, 0.717) is 31.0 Å². The molecule has 0 fully saturated rings. The van der Waals surface area contributed by atoms with Crippen LogP contribution in [0, 0.1) is 12.8 Å². The minimum Gasteiger partial charge on any atom is -0.494 e. The predicted molar refractivity (Wildman–Crippen MR) is 162 cm³/mol. The molecule has 0 bridgehead atoms. The van der Waals surface area contributed by atoms with Crippen molar-refractivity contribution in [3.05, 3.63) is 90.0 Å². The Morgan fingerprint density at radius 2 is 1.54 bits per heavy atom. The molecule has 0 aliphatic rings. The lowest BCUT2D eigenvalue weighted by atomic mass is 10.1. The fraction of sp³-hybridized carbons (Fsp3) is 0.375. The largest absolute Gasteiger partial charge is 0.494 e. The third-order valence-electron chi connectivity index (χ3n) is 6.59. The molecule has 220 valence electrons. The topological polar surface area (TPSA) is 96.0 Å². The molecule has 0 aromatic heterocycles. The molecule has 3 aromatic carbocycles. The Bertz CT molecular complexity index is 1380. The van der Waals surface area contributed by atoms with Crippen LogP contribution >= 0.6 is 0 Å². The zero-order chi connectivity index (χ0) is 30.0. The van der Waals surface area contributed by atoms with Crippen LogP contribution in [0.2, 0.25) is 0 Å². The lowest BCUT2D eigenvalue weighted by Gasteiger charge is -2.33. The van der Waals surface area contributed by atoms with Gasteiger partial charge in [-0.1, -0.05) is 68.8 Å². The number of carbonyl (C=O) groups excluding carboxylic acids is 2. The van der Waals surface area contributed by atoms with E-state index in [1.54, 1.807) is 36.4 Å². The number of benzene rings is 3. The van der Waals surface area contributed by atoms with Crippen molar-refractivity contribution in [1.82, 2.24) is 10.2 Å². The van der Waals surface area contributed by atoms with E-state index in [4.69, 9.17) is 4.74 Å². The molecule has 1 N–H and O–H groups in total. The fourth-order valence-corrected chi connectivity index (χ4v) is 5.78. The first-order chi connectivity index (χ1) is 19.6. The molecule has 0 saturated heterocycles. The molecule has 3 aromatic rings. The number of nitrogens with zero attached hydrogens (tertiary/aromatic N) is 2. The number of anilines is 1. The molecule has 0 heterocycles. The van der Waals surface area contributed by atoms with Crippen LogP contribution in [0.1, 0.15) is 45.2 Å². The Morgan fingerprint density at radius 3 is 2.10 bits per heavy atom. The van der Waals surface area contributed by atoms with Gasteiger partial charge in [0.1, 0.15) is 18.3 Å². The lowest BCUT2D eigenvalue weighted by Crippen LogP contribution is -2.52. The summed E-state index contributed by atoms with van der Waals surface area (Å²) in [6.45, 7) is 10.2. The van der Waals surface area contributed by atoms with Gasteiger partial charge < -0.3 is 15.0 Å². The molecular weight excluding hydrogens is 538 g/mol. The van der Waals surface area contributed by atoms with Gasteiger partial charge in [0.25, 0.3) is 10.0 Å². The van der Waals surface area contributed by atoms with Crippen LogP contribution in [0.3, 0.4) is 0 Å². The summed E-state index contributed by atoms with van der Waals surface area (Å²) in [4.78, 5) is 28.9. The molecule has 0 aliphatic heterocycles. The zero-order valence-electron chi connectivity index (χ0n) is 24.5. The van der Waals surface area contributed by atoms with Gasteiger partial charge in [0.15, 0.2) is 0 Å². The summed E-state index contributed by atoms with van der Waals surface area (Å²) in [6, 6.07) is 21.7. The van der Waals surface area contributed by atoms with E-state index in [1.165, 1.54) is 17.0 Å². The second-order valence-electron chi connectivity index (χ2n) is 10.3. The quantitative estimate of drug-likeness (QED) is 0.284. The summed E-state index contributed by atoms with van der Waals surface area (Å²) in [5, 5.41) is 2.94. The number of nitrogens with one attached hydrogen (secondary N) is 1. The van der Waals surface area contributed by atoms with Crippen molar-refractivity contribution in [1.29, 1.82) is 0 Å². The van der Waals surface area contributed by atoms with Crippen LogP contribution < -0.4 is 14.4 Å². The van der Waals surface area contributed by atoms with Gasteiger partial charge in [-0.15, -0.1) is 0 Å². The number of hydrogen-bond acceptors (Lipinski definition) is 5. The number of sulfonamides is 1. The van der Waals surface area contributed by atoms with Crippen molar-refractivity contribution < 1.29 is 22.7 Å². The van der Waals surface area contributed by atoms with Crippen LogP contribution in [-0.4, -0.2) is 50.9 Å². The molecule has 0 unspecified atom stereocenters. The average molecular weight is 580 g/mol. The first-order valence-corrected chi connectivity index (χ1v) is 15.4. The van der Waals surface area contributed by atoms with Crippen molar-refractivity contribution in [2.75, 3.05) is 24.0 Å². The molecular formula is C32H41N3O5S. The van der Waals surface area contributed by atoms with E-state index in [2.05, 4.69) is 5.32 Å².